The molecule has 0 aliphatic carbocycles. The van der Waals surface area contributed by atoms with Gasteiger partial charge in [0, 0.05) is 18.5 Å². The summed E-state index contributed by atoms with van der Waals surface area (Å²) in [6.45, 7) is 5.14. The van der Waals surface area contributed by atoms with Crippen molar-refractivity contribution in [3.63, 3.8) is 0 Å². The Kier molecular flexibility index (Phi) is 6.59. The smallest absolute Gasteiger partial charge is 0.239 e. The van der Waals surface area contributed by atoms with Gasteiger partial charge in [-0.25, -0.2) is 0 Å². The quantitative estimate of drug-likeness (QED) is 0.741. The highest BCUT2D eigenvalue weighted by molar-refractivity contribution is 5.84. The fraction of sp³-hybridized carbons (Fsp3) is 0.556. The molecule has 2 atom stereocenters. The van der Waals surface area contributed by atoms with Crippen LogP contribution in [0.4, 0.5) is 0 Å². The fourth-order valence-corrected chi connectivity index (χ4v) is 2.82. The maximum atomic E-state index is 11.9. The van der Waals surface area contributed by atoms with E-state index in [1.807, 2.05) is 31.2 Å². The lowest BCUT2D eigenvalue weighted by atomic mass is 10.0. The van der Waals surface area contributed by atoms with Gasteiger partial charge in [-0.05, 0) is 45.2 Å². The SMILES string of the molecule is Cc1ccc(CCC(=O)NCC(=O)NC2CCNC(C)C2)cc1. The summed E-state index contributed by atoms with van der Waals surface area (Å²) < 4.78 is 0. The van der Waals surface area contributed by atoms with Crippen LogP contribution in [-0.4, -0.2) is 37.0 Å². The number of nitrogens with one attached hydrogen (secondary N) is 3. The first-order valence-corrected chi connectivity index (χ1v) is 8.38. The molecular weight excluding hydrogens is 290 g/mol. The zero-order chi connectivity index (χ0) is 16.7. The highest BCUT2D eigenvalue weighted by Crippen LogP contribution is 2.08. The molecule has 0 spiro atoms. The summed E-state index contributed by atoms with van der Waals surface area (Å²) in [7, 11) is 0. The zero-order valence-corrected chi connectivity index (χ0v) is 14.0. The lowest BCUT2D eigenvalue weighted by Crippen LogP contribution is -2.48. The van der Waals surface area contributed by atoms with E-state index in [4.69, 9.17) is 0 Å². The number of benzene rings is 1. The molecule has 3 N–H and O–H groups in total. The Balaban J connectivity index is 1.63. The minimum atomic E-state index is -0.104. The van der Waals surface area contributed by atoms with Crippen LogP contribution in [0.2, 0.25) is 0 Å². The molecule has 2 unspecified atom stereocenters. The number of hydrogen-bond acceptors (Lipinski definition) is 3. The third-order valence-electron chi connectivity index (χ3n) is 4.20. The van der Waals surface area contributed by atoms with Crippen molar-refractivity contribution in [2.24, 2.45) is 0 Å². The van der Waals surface area contributed by atoms with E-state index < -0.39 is 0 Å². The molecule has 1 heterocycles. The molecule has 0 radical (unpaired) electrons. The van der Waals surface area contributed by atoms with Crippen LogP contribution in [0.3, 0.4) is 0 Å². The van der Waals surface area contributed by atoms with Crippen LogP contribution in [-0.2, 0) is 16.0 Å². The number of aryl methyl sites for hydroxylation is 2. The first-order valence-electron chi connectivity index (χ1n) is 8.38. The Morgan fingerprint density at radius 2 is 1.96 bits per heavy atom. The molecule has 1 aromatic rings. The van der Waals surface area contributed by atoms with Crippen LogP contribution >= 0.6 is 0 Å². The molecule has 1 aliphatic rings. The van der Waals surface area contributed by atoms with Gasteiger partial charge in [-0.3, -0.25) is 9.59 Å². The zero-order valence-electron chi connectivity index (χ0n) is 14.0. The summed E-state index contributed by atoms with van der Waals surface area (Å²) in [5.41, 5.74) is 2.35. The number of carbonyl (C=O) groups excluding carboxylic acids is 2. The Morgan fingerprint density at radius 3 is 2.65 bits per heavy atom. The molecule has 1 fully saturated rings. The van der Waals surface area contributed by atoms with Crippen LogP contribution in [0.25, 0.3) is 0 Å². The first-order chi connectivity index (χ1) is 11.0. The van der Waals surface area contributed by atoms with Gasteiger partial charge < -0.3 is 16.0 Å². The standard InChI is InChI=1S/C18H27N3O2/c1-13-3-5-15(6-4-13)7-8-17(22)20-12-18(23)21-16-9-10-19-14(2)11-16/h3-6,14,16,19H,7-12H2,1-2H3,(H,20,22)(H,21,23). The molecular formula is C18H27N3O2. The molecule has 1 saturated heterocycles. The van der Waals surface area contributed by atoms with Crippen LogP contribution in [0.5, 0.6) is 0 Å². The first kappa shape index (κ1) is 17.5. The van der Waals surface area contributed by atoms with E-state index in [2.05, 4.69) is 22.9 Å². The molecule has 5 heteroatoms. The minimum absolute atomic E-state index is 0.0606. The highest BCUT2D eigenvalue weighted by Gasteiger charge is 2.19. The van der Waals surface area contributed by atoms with Gasteiger partial charge >= 0.3 is 0 Å². The lowest BCUT2D eigenvalue weighted by Gasteiger charge is -2.28. The van der Waals surface area contributed by atoms with Gasteiger partial charge in [0.15, 0.2) is 0 Å². The van der Waals surface area contributed by atoms with Crippen molar-refractivity contribution in [2.45, 2.75) is 51.6 Å². The molecule has 23 heavy (non-hydrogen) atoms. The van der Waals surface area contributed by atoms with Crippen LogP contribution in [0.15, 0.2) is 24.3 Å². The molecule has 5 nitrogen and oxygen atoms in total. The highest BCUT2D eigenvalue weighted by atomic mass is 16.2. The minimum Gasteiger partial charge on any atom is -0.352 e. The summed E-state index contributed by atoms with van der Waals surface area (Å²) in [5, 5.41) is 9.04. The number of amides is 2. The van der Waals surface area contributed by atoms with E-state index in [-0.39, 0.29) is 24.4 Å². The van der Waals surface area contributed by atoms with Crippen molar-refractivity contribution in [2.75, 3.05) is 13.1 Å². The summed E-state index contributed by atoms with van der Waals surface area (Å²) >= 11 is 0. The predicted molar refractivity (Wildman–Crippen MR) is 91.1 cm³/mol. The average Bonchev–Trinajstić information content (AvgIpc) is 2.52. The monoisotopic (exact) mass is 317 g/mol. The second-order valence-electron chi connectivity index (χ2n) is 6.41. The fourth-order valence-electron chi connectivity index (χ4n) is 2.82. The topological polar surface area (TPSA) is 70.2 Å². The van der Waals surface area contributed by atoms with Crippen molar-refractivity contribution in [1.82, 2.24) is 16.0 Å². The molecule has 2 rings (SSSR count). The second-order valence-corrected chi connectivity index (χ2v) is 6.41. The van der Waals surface area contributed by atoms with Crippen LogP contribution in [0, 0.1) is 6.92 Å². The van der Waals surface area contributed by atoms with Crippen molar-refractivity contribution in [1.29, 1.82) is 0 Å². The number of rotatable bonds is 6. The van der Waals surface area contributed by atoms with Crippen molar-refractivity contribution in [3.05, 3.63) is 35.4 Å². The summed E-state index contributed by atoms with van der Waals surface area (Å²) in [4.78, 5) is 23.7. The summed E-state index contributed by atoms with van der Waals surface area (Å²) in [5.74, 6) is -0.188. The van der Waals surface area contributed by atoms with Crippen LogP contribution < -0.4 is 16.0 Å². The largest absolute Gasteiger partial charge is 0.352 e. The Bertz CT molecular complexity index is 528. The molecule has 126 valence electrons. The van der Waals surface area contributed by atoms with Gasteiger partial charge in [-0.2, -0.15) is 0 Å². The molecule has 0 aromatic heterocycles. The molecule has 2 amide bonds. The molecule has 0 bridgehead atoms. The number of piperidine rings is 1. The van der Waals surface area contributed by atoms with Gasteiger partial charge in [0.05, 0.1) is 6.54 Å². The van der Waals surface area contributed by atoms with Gasteiger partial charge in [0.25, 0.3) is 0 Å². The van der Waals surface area contributed by atoms with E-state index in [0.29, 0.717) is 18.9 Å². The summed E-state index contributed by atoms with van der Waals surface area (Å²) in [6.07, 6.45) is 2.98. The Hall–Kier alpha value is -1.88. The van der Waals surface area contributed by atoms with Gasteiger partial charge in [-0.1, -0.05) is 29.8 Å². The van der Waals surface area contributed by atoms with Crippen molar-refractivity contribution >= 4 is 11.8 Å². The maximum Gasteiger partial charge on any atom is 0.239 e. The van der Waals surface area contributed by atoms with Gasteiger partial charge in [0.1, 0.15) is 0 Å². The normalized spacial score (nSPS) is 20.8. The Labute approximate surface area is 138 Å². The maximum absolute atomic E-state index is 11.9. The number of carbonyl (C=O) groups is 2. The molecule has 1 aliphatic heterocycles. The third-order valence-corrected chi connectivity index (χ3v) is 4.20. The van der Waals surface area contributed by atoms with Gasteiger partial charge in [0.2, 0.25) is 11.8 Å². The Morgan fingerprint density at radius 1 is 1.22 bits per heavy atom. The third kappa shape index (κ3) is 6.40. The van der Waals surface area contributed by atoms with E-state index in [1.54, 1.807) is 0 Å². The molecule has 1 aromatic carbocycles. The summed E-state index contributed by atoms with van der Waals surface area (Å²) in [6, 6.07) is 8.80. The van der Waals surface area contributed by atoms with Crippen molar-refractivity contribution < 1.29 is 9.59 Å². The second kappa shape index (κ2) is 8.67. The van der Waals surface area contributed by atoms with Crippen molar-refractivity contribution in [3.8, 4) is 0 Å². The predicted octanol–water partition coefficient (Wildman–Crippen LogP) is 1.30. The van der Waals surface area contributed by atoms with Crippen LogP contribution in [0.1, 0.15) is 37.3 Å². The lowest BCUT2D eigenvalue weighted by molar-refractivity contribution is -0.126. The molecule has 0 saturated carbocycles. The van der Waals surface area contributed by atoms with E-state index in [9.17, 15) is 9.59 Å². The number of hydrogen-bond donors (Lipinski definition) is 3. The van der Waals surface area contributed by atoms with Gasteiger partial charge in [-0.15, -0.1) is 0 Å². The van der Waals surface area contributed by atoms with E-state index in [0.717, 1.165) is 24.9 Å². The van der Waals surface area contributed by atoms with E-state index >= 15 is 0 Å². The van der Waals surface area contributed by atoms with E-state index in [1.165, 1.54) is 5.56 Å². The average molecular weight is 317 g/mol.